The van der Waals surface area contributed by atoms with Crippen LogP contribution in [-0.4, -0.2) is 16.9 Å². The summed E-state index contributed by atoms with van der Waals surface area (Å²) in [5.74, 6) is -1.68. The van der Waals surface area contributed by atoms with Gasteiger partial charge in [-0.05, 0) is 36.6 Å². The molecule has 0 bridgehead atoms. The molecule has 0 saturated carbocycles. The van der Waals surface area contributed by atoms with Gasteiger partial charge in [-0.15, -0.1) is 0 Å². The number of fused-ring (bicyclic) bond motifs is 2. The molecule has 0 aromatic heterocycles. The van der Waals surface area contributed by atoms with Crippen molar-refractivity contribution in [1.29, 1.82) is 0 Å². The minimum Gasteiger partial charge on any atom is -0.481 e. The highest BCUT2D eigenvalue weighted by molar-refractivity contribution is 6.18. The number of Topliss-reactive ketones (excluding diaryl/α,β-unsaturated/α-hetero) is 1. The smallest absolute Gasteiger partial charge is 0.314 e. The minimum absolute atomic E-state index is 0.0781. The van der Waals surface area contributed by atoms with Gasteiger partial charge in [-0.3, -0.25) is 9.59 Å². The van der Waals surface area contributed by atoms with Crippen LogP contribution in [0.4, 0.5) is 0 Å². The number of carbonyl (C=O) groups is 2. The van der Waals surface area contributed by atoms with Gasteiger partial charge in [-0.2, -0.15) is 0 Å². The molecule has 100 valence electrons. The second kappa shape index (κ2) is 4.30. The molecule has 3 rings (SSSR count). The van der Waals surface area contributed by atoms with Crippen LogP contribution in [0.3, 0.4) is 0 Å². The fraction of sp³-hybridized carbons (Fsp3) is 0.176. The topological polar surface area (TPSA) is 54.4 Å². The van der Waals surface area contributed by atoms with E-state index in [1.807, 2.05) is 30.4 Å². The Balaban J connectivity index is 2.26. The fourth-order valence-electron chi connectivity index (χ4n) is 3.05. The molecule has 20 heavy (non-hydrogen) atoms. The lowest BCUT2D eigenvalue weighted by Gasteiger charge is -2.27. The molecule has 1 unspecified atom stereocenters. The van der Waals surface area contributed by atoms with E-state index in [1.165, 1.54) is 0 Å². The highest BCUT2D eigenvalue weighted by Crippen LogP contribution is 2.39. The lowest BCUT2D eigenvalue weighted by Crippen LogP contribution is -2.25. The molecule has 2 aliphatic carbocycles. The molecule has 1 aromatic rings. The zero-order chi connectivity index (χ0) is 14.4. The lowest BCUT2D eigenvalue weighted by molar-refractivity contribution is -0.139. The Hall–Kier alpha value is -2.42. The van der Waals surface area contributed by atoms with E-state index in [2.05, 4.69) is 0 Å². The zero-order valence-corrected chi connectivity index (χ0v) is 11.3. The number of allylic oxidation sites excluding steroid dienone is 3. The standard InChI is InChI=1S/C17H14O3/c1-9-7-12-8-11-5-3-4-6-13(11)16(18)15(12)10(2)14(9)17(19)20/h3-8,14H,1-2H3,(H,19,20). The Kier molecular flexibility index (Phi) is 2.71. The van der Waals surface area contributed by atoms with Crippen LogP contribution in [-0.2, 0) is 4.79 Å². The molecule has 0 saturated heterocycles. The van der Waals surface area contributed by atoms with Crippen molar-refractivity contribution in [2.24, 2.45) is 5.92 Å². The summed E-state index contributed by atoms with van der Waals surface area (Å²) in [6.07, 6.45) is 3.77. The van der Waals surface area contributed by atoms with Crippen LogP contribution < -0.4 is 0 Å². The maximum Gasteiger partial charge on any atom is 0.314 e. The van der Waals surface area contributed by atoms with Crippen LogP contribution in [0.5, 0.6) is 0 Å². The molecule has 1 aromatic carbocycles. The van der Waals surface area contributed by atoms with E-state index in [4.69, 9.17) is 0 Å². The van der Waals surface area contributed by atoms with Gasteiger partial charge in [-0.25, -0.2) is 0 Å². The van der Waals surface area contributed by atoms with E-state index < -0.39 is 11.9 Å². The molecule has 0 aliphatic heterocycles. The predicted molar refractivity (Wildman–Crippen MR) is 76.3 cm³/mol. The summed E-state index contributed by atoms with van der Waals surface area (Å²) < 4.78 is 0. The normalized spacial score (nSPS) is 20.9. The van der Waals surface area contributed by atoms with Gasteiger partial charge in [-0.1, -0.05) is 35.9 Å². The molecular formula is C17H14O3. The van der Waals surface area contributed by atoms with Crippen molar-refractivity contribution >= 4 is 17.8 Å². The van der Waals surface area contributed by atoms with E-state index in [1.54, 1.807) is 19.9 Å². The number of hydrogen-bond donors (Lipinski definition) is 1. The number of carboxylic acid groups (broad SMARTS) is 1. The molecule has 2 aliphatic rings. The number of aliphatic carboxylic acids is 1. The maximum absolute atomic E-state index is 12.6. The molecule has 3 heteroatoms. The number of carboxylic acids is 1. The summed E-state index contributed by atoms with van der Waals surface area (Å²) in [6, 6.07) is 7.40. The summed E-state index contributed by atoms with van der Waals surface area (Å²) in [5.41, 5.74) is 4.29. The minimum atomic E-state index is -0.908. The Morgan fingerprint density at radius 2 is 1.85 bits per heavy atom. The Morgan fingerprint density at radius 3 is 2.55 bits per heavy atom. The number of hydrogen-bond acceptors (Lipinski definition) is 2. The summed E-state index contributed by atoms with van der Waals surface area (Å²) in [6.45, 7) is 3.54. The Labute approximate surface area is 116 Å². The molecule has 1 N–H and O–H groups in total. The van der Waals surface area contributed by atoms with E-state index >= 15 is 0 Å². The average molecular weight is 266 g/mol. The highest BCUT2D eigenvalue weighted by atomic mass is 16.4. The Bertz CT molecular complexity index is 732. The molecule has 0 radical (unpaired) electrons. The van der Waals surface area contributed by atoms with E-state index in [0.717, 1.165) is 16.7 Å². The van der Waals surface area contributed by atoms with E-state index in [-0.39, 0.29) is 5.78 Å². The van der Waals surface area contributed by atoms with Crippen LogP contribution in [0.15, 0.2) is 52.6 Å². The maximum atomic E-state index is 12.6. The van der Waals surface area contributed by atoms with Crippen molar-refractivity contribution in [2.75, 3.05) is 0 Å². The summed E-state index contributed by atoms with van der Waals surface area (Å²) in [5, 5.41) is 9.35. The van der Waals surface area contributed by atoms with E-state index in [9.17, 15) is 14.7 Å². The van der Waals surface area contributed by atoms with Crippen LogP contribution in [0, 0.1) is 5.92 Å². The summed E-state index contributed by atoms with van der Waals surface area (Å²) >= 11 is 0. The van der Waals surface area contributed by atoms with Gasteiger partial charge in [0.15, 0.2) is 5.78 Å². The van der Waals surface area contributed by atoms with Gasteiger partial charge >= 0.3 is 5.97 Å². The van der Waals surface area contributed by atoms with E-state index in [0.29, 0.717) is 16.7 Å². The SMILES string of the molecule is CC1=CC2=Cc3ccccc3C(=O)C2=C(C)C1C(=O)O. The number of carbonyl (C=O) groups excluding carboxylic acids is 1. The third kappa shape index (κ3) is 1.67. The molecule has 1 atom stereocenters. The third-order valence-electron chi connectivity index (χ3n) is 3.94. The Morgan fingerprint density at radius 1 is 1.15 bits per heavy atom. The van der Waals surface area contributed by atoms with Crippen LogP contribution in [0.1, 0.15) is 29.8 Å². The summed E-state index contributed by atoms with van der Waals surface area (Å²) in [4.78, 5) is 24.0. The molecule has 3 nitrogen and oxygen atoms in total. The zero-order valence-electron chi connectivity index (χ0n) is 11.3. The van der Waals surface area contributed by atoms with Gasteiger partial charge in [0.05, 0.1) is 5.92 Å². The van der Waals surface area contributed by atoms with Crippen LogP contribution in [0.25, 0.3) is 6.08 Å². The second-order valence-electron chi connectivity index (χ2n) is 5.23. The van der Waals surface area contributed by atoms with Gasteiger partial charge < -0.3 is 5.11 Å². The number of rotatable bonds is 1. The highest BCUT2D eigenvalue weighted by Gasteiger charge is 2.34. The van der Waals surface area contributed by atoms with Gasteiger partial charge in [0, 0.05) is 11.1 Å². The van der Waals surface area contributed by atoms with Gasteiger partial charge in [0.25, 0.3) is 0 Å². The molecule has 0 amide bonds. The quantitative estimate of drug-likeness (QED) is 0.849. The molecular weight excluding hydrogens is 252 g/mol. The predicted octanol–water partition coefficient (Wildman–Crippen LogP) is 3.24. The monoisotopic (exact) mass is 266 g/mol. The molecule has 0 heterocycles. The van der Waals surface area contributed by atoms with Crippen molar-refractivity contribution in [3.8, 4) is 0 Å². The van der Waals surface area contributed by atoms with Crippen LogP contribution in [0.2, 0.25) is 0 Å². The van der Waals surface area contributed by atoms with Crippen molar-refractivity contribution in [2.45, 2.75) is 13.8 Å². The number of ketones is 1. The summed E-state index contributed by atoms with van der Waals surface area (Å²) in [7, 11) is 0. The number of benzene rings is 1. The van der Waals surface area contributed by atoms with Gasteiger partial charge in [0.2, 0.25) is 0 Å². The molecule has 0 spiro atoms. The fourth-order valence-corrected chi connectivity index (χ4v) is 3.05. The van der Waals surface area contributed by atoms with Gasteiger partial charge in [0.1, 0.15) is 0 Å². The molecule has 0 fully saturated rings. The average Bonchev–Trinajstić information content (AvgIpc) is 2.37. The first-order chi connectivity index (χ1) is 9.50. The first-order valence-electron chi connectivity index (χ1n) is 6.48. The van der Waals surface area contributed by atoms with Crippen molar-refractivity contribution in [1.82, 2.24) is 0 Å². The first-order valence-corrected chi connectivity index (χ1v) is 6.48. The van der Waals surface area contributed by atoms with Crippen molar-refractivity contribution in [3.63, 3.8) is 0 Å². The van der Waals surface area contributed by atoms with Crippen molar-refractivity contribution < 1.29 is 14.7 Å². The second-order valence-corrected chi connectivity index (χ2v) is 5.23. The van der Waals surface area contributed by atoms with Crippen molar-refractivity contribution in [3.05, 3.63) is 63.8 Å². The third-order valence-corrected chi connectivity index (χ3v) is 3.94. The lowest BCUT2D eigenvalue weighted by atomic mass is 9.75. The first kappa shape index (κ1) is 12.6. The largest absolute Gasteiger partial charge is 0.481 e. The van der Waals surface area contributed by atoms with Crippen LogP contribution >= 0.6 is 0 Å².